The molecular formula is C12H15BrFN3O. The number of carbonyl (C=O) groups excluding carboxylic acids is 1. The number of amides is 2. The van der Waals surface area contributed by atoms with Crippen molar-refractivity contribution in [3.8, 4) is 0 Å². The maximum absolute atomic E-state index is 13.1. The molecule has 0 spiro atoms. The Morgan fingerprint density at radius 2 is 2.11 bits per heavy atom. The zero-order valence-electron chi connectivity index (χ0n) is 9.83. The monoisotopic (exact) mass is 315 g/mol. The van der Waals surface area contributed by atoms with E-state index < -0.39 is 0 Å². The van der Waals surface area contributed by atoms with Crippen molar-refractivity contribution in [1.29, 1.82) is 0 Å². The Kier molecular flexibility index (Phi) is 4.06. The number of benzene rings is 1. The first-order valence-corrected chi connectivity index (χ1v) is 6.61. The number of likely N-dealkylation sites (tertiary alicyclic amines) is 1. The van der Waals surface area contributed by atoms with E-state index in [4.69, 9.17) is 5.73 Å². The number of nitrogens with one attached hydrogen (secondary N) is 1. The van der Waals surface area contributed by atoms with Gasteiger partial charge >= 0.3 is 6.03 Å². The van der Waals surface area contributed by atoms with Crippen molar-refractivity contribution in [2.24, 2.45) is 5.73 Å². The van der Waals surface area contributed by atoms with Gasteiger partial charge in [0.05, 0.1) is 4.47 Å². The molecule has 6 heteroatoms. The number of primary amides is 1. The van der Waals surface area contributed by atoms with Crippen LogP contribution in [-0.2, 0) is 0 Å². The van der Waals surface area contributed by atoms with Gasteiger partial charge in [0.25, 0.3) is 0 Å². The molecule has 1 aromatic carbocycles. The molecule has 98 valence electrons. The Bertz CT molecular complexity index is 447. The highest BCUT2D eigenvalue weighted by molar-refractivity contribution is 9.10. The molecule has 0 saturated carbocycles. The minimum absolute atomic E-state index is 0.274. The zero-order chi connectivity index (χ0) is 13.1. The summed E-state index contributed by atoms with van der Waals surface area (Å²) in [5.74, 6) is -0.274. The quantitative estimate of drug-likeness (QED) is 0.881. The van der Waals surface area contributed by atoms with Gasteiger partial charge in [0.2, 0.25) is 0 Å². The van der Waals surface area contributed by atoms with Crippen molar-refractivity contribution in [2.45, 2.75) is 18.9 Å². The standard InChI is InChI=1S/C12H15BrFN3O/c13-10-7-9(1-2-11(10)14)16-8-3-5-17(6-4-8)12(15)18/h1-2,7-8,16H,3-6H2,(H2,15,18). The zero-order valence-corrected chi connectivity index (χ0v) is 11.4. The third-order valence-corrected chi connectivity index (χ3v) is 3.70. The van der Waals surface area contributed by atoms with Crippen LogP contribution < -0.4 is 11.1 Å². The first-order chi connectivity index (χ1) is 8.56. The Morgan fingerprint density at radius 3 is 2.67 bits per heavy atom. The van der Waals surface area contributed by atoms with Gasteiger partial charge in [-0.05, 0) is 47.0 Å². The number of halogens is 2. The molecule has 1 heterocycles. The second-order valence-corrected chi connectivity index (χ2v) is 5.23. The van der Waals surface area contributed by atoms with Crippen LogP contribution in [0.15, 0.2) is 22.7 Å². The molecule has 1 saturated heterocycles. The molecule has 1 aromatic rings. The van der Waals surface area contributed by atoms with Crippen LogP contribution in [0.1, 0.15) is 12.8 Å². The maximum Gasteiger partial charge on any atom is 0.314 e. The third kappa shape index (κ3) is 3.13. The summed E-state index contributed by atoms with van der Waals surface area (Å²) in [4.78, 5) is 12.6. The Hall–Kier alpha value is -1.30. The highest BCUT2D eigenvalue weighted by Gasteiger charge is 2.21. The number of carbonyl (C=O) groups is 1. The fourth-order valence-electron chi connectivity index (χ4n) is 2.07. The van der Waals surface area contributed by atoms with E-state index in [1.165, 1.54) is 6.07 Å². The van der Waals surface area contributed by atoms with Crippen LogP contribution in [0.3, 0.4) is 0 Å². The summed E-state index contributed by atoms with van der Waals surface area (Å²) in [6.07, 6.45) is 1.69. The molecule has 0 bridgehead atoms. The number of hydrogen-bond acceptors (Lipinski definition) is 2. The van der Waals surface area contributed by atoms with Gasteiger partial charge in [-0.25, -0.2) is 9.18 Å². The molecule has 4 nitrogen and oxygen atoms in total. The summed E-state index contributed by atoms with van der Waals surface area (Å²) in [5.41, 5.74) is 6.10. The molecule has 1 aliphatic heterocycles. The minimum atomic E-state index is -0.363. The molecular weight excluding hydrogens is 301 g/mol. The third-order valence-electron chi connectivity index (χ3n) is 3.10. The predicted molar refractivity (Wildman–Crippen MR) is 71.9 cm³/mol. The number of urea groups is 1. The van der Waals surface area contributed by atoms with E-state index in [1.807, 2.05) is 0 Å². The molecule has 0 radical (unpaired) electrons. The summed E-state index contributed by atoms with van der Waals surface area (Å²) >= 11 is 3.16. The highest BCUT2D eigenvalue weighted by Crippen LogP contribution is 2.22. The summed E-state index contributed by atoms with van der Waals surface area (Å²) in [7, 11) is 0. The molecule has 1 fully saturated rings. The normalized spacial score (nSPS) is 16.7. The van der Waals surface area contributed by atoms with E-state index in [-0.39, 0.29) is 17.9 Å². The van der Waals surface area contributed by atoms with Crippen molar-refractivity contribution in [3.63, 3.8) is 0 Å². The summed E-state index contributed by atoms with van der Waals surface area (Å²) in [5, 5.41) is 3.33. The second kappa shape index (κ2) is 5.56. The van der Waals surface area contributed by atoms with Crippen LogP contribution in [0.25, 0.3) is 0 Å². The highest BCUT2D eigenvalue weighted by atomic mass is 79.9. The summed E-state index contributed by atoms with van der Waals surface area (Å²) in [6, 6.07) is 4.78. The van der Waals surface area contributed by atoms with Crippen molar-refractivity contribution < 1.29 is 9.18 Å². The molecule has 3 N–H and O–H groups in total. The van der Waals surface area contributed by atoms with Gasteiger partial charge in [-0.15, -0.1) is 0 Å². The SMILES string of the molecule is NC(=O)N1CCC(Nc2ccc(F)c(Br)c2)CC1. The molecule has 0 aliphatic carbocycles. The number of piperidine rings is 1. The minimum Gasteiger partial charge on any atom is -0.382 e. The van der Waals surface area contributed by atoms with Gasteiger partial charge in [0.15, 0.2) is 0 Å². The molecule has 0 aromatic heterocycles. The van der Waals surface area contributed by atoms with Gasteiger partial charge in [0.1, 0.15) is 5.82 Å². The lowest BCUT2D eigenvalue weighted by atomic mass is 10.0. The smallest absolute Gasteiger partial charge is 0.314 e. The van der Waals surface area contributed by atoms with Crippen LogP contribution in [-0.4, -0.2) is 30.1 Å². The summed E-state index contributed by atoms with van der Waals surface area (Å²) in [6.45, 7) is 1.32. The predicted octanol–water partition coefficient (Wildman–Crippen LogP) is 2.54. The maximum atomic E-state index is 13.1. The van der Waals surface area contributed by atoms with Crippen LogP contribution in [0.5, 0.6) is 0 Å². The Morgan fingerprint density at radius 1 is 1.44 bits per heavy atom. The van der Waals surface area contributed by atoms with Crippen molar-refractivity contribution in [3.05, 3.63) is 28.5 Å². The number of nitrogens with two attached hydrogens (primary N) is 1. The number of rotatable bonds is 2. The van der Waals surface area contributed by atoms with Gasteiger partial charge in [0, 0.05) is 24.8 Å². The molecule has 0 atom stereocenters. The largest absolute Gasteiger partial charge is 0.382 e. The lowest BCUT2D eigenvalue weighted by Gasteiger charge is -2.31. The Labute approximate surface area is 113 Å². The molecule has 0 unspecified atom stereocenters. The van der Waals surface area contributed by atoms with Crippen LogP contribution in [0.2, 0.25) is 0 Å². The fourth-order valence-corrected chi connectivity index (χ4v) is 2.44. The van der Waals surface area contributed by atoms with Crippen LogP contribution >= 0.6 is 15.9 Å². The van der Waals surface area contributed by atoms with E-state index >= 15 is 0 Å². The van der Waals surface area contributed by atoms with Gasteiger partial charge in [-0.3, -0.25) is 0 Å². The first kappa shape index (κ1) is 13.1. The van der Waals surface area contributed by atoms with E-state index in [0.717, 1.165) is 18.5 Å². The summed E-state index contributed by atoms with van der Waals surface area (Å²) < 4.78 is 13.5. The van der Waals surface area contributed by atoms with E-state index in [0.29, 0.717) is 17.6 Å². The Balaban J connectivity index is 1.91. The molecule has 2 amide bonds. The average molecular weight is 316 g/mol. The number of hydrogen-bond donors (Lipinski definition) is 2. The van der Waals surface area contributed by atoms with E-state index in [1.54, 1.807) is 17.0 Å². The van der Waals surface area contributed by atoms with Gasteiger partial charge in [-0.1, -0.05) is 0 Å². The van der Waals surface area contributed by atoms with E-state index in [2.05, 4.69) is 21.2 Å². The van der Waals surface area contributed by atoms with Crippen molar-refractivity contribution in [1.82, 2.24) is 4.90 Å². The van der Waals surface area contributed by atoms with Gasteiger partial charge < -0.3 is 16.0 Å². The van der Waals surface area contributed by atoms with Crippen LogP contribution in [0.4, 0.5) is 14.9 Å². The topological polar surface area (TPSA) is 58.4 Å². The number of anilines is 1. The van der Waals surface area contributed by atoms with E-state index in [9.17, 15) is 9.18 Å². The fraction of sp³-hybridized carbons (Fsp3) is 0.417. The average Bonchev–Trinajstić information content (AvgIpc) is 2.34. The lowest BCUT2D eigenvalue weighted by Crippen LogP contribution is -2.44. The van der Waals surface area contributed by atoms with Crippen molar-refractivity contribution >= 4 is 27.6 Å². The first-order valence-electron chi connectivity index (χ1n) is 5.82. The molecule has 2 rings (SSSR count). The van der Waals surface area contributed by atoms with Crippen LogP contribution in [0, 0.1) is 5.82 Å². The van der Waals surface area contributed by atoms with Gasteiger partial charge in [-0.2, -0.15) is 0 Å². The lowest BCUT2D eigenvalue weighted by molar-refractivity contribution is 0.193. The van der Waals surface area contributed by atoms with Crippen molar-refractivity contribution in [2.75, 3.05) is 18.4 Å². The molecule has 18 heavy (non-hydrogen) atoms. The number of nitrogens with zero attached hydrogens (tertiary/aromatic N) is 1. The molecule has 1 aliphatic rings. The second-order valence-electron chi connectivity index (χ2n) is 4.37.